The second-order valence-corrected chi connectivity index (χ2v) is 7.43. The number of carbonyl (C=O) groups is 2. The number of aromatic nitrogens is 1. The van der Waals surface area contributed by atoms with Crippen LogP contribution in [0.1, 0.15) is 38.3 Å². The van der Waals surface area contributed by atoms with Crippen molar-refractivity contribution in [2.45, 2.75) is 58.7 Å². The van der Waals surface area contributed by atoms with Crippen LogP contribution in [0.5, 0.6) is 0 Å². The standard InChI is InChI=1S/C18H27N3O4/c1-11-7-12(2)15(19-9-11)20-13-8-14(16(22)24-6)21(10-13)17(23)25-18(3,4)5/h7,9,13-14H,8,10H2,1-6H3,(H,19,20)/t13-,14-/m0/s1. The fourth-order valence-corrected chi connectivity index (χ4v) is 2.88. The first kappa shape index (κ1) is 19.0. The summed E-state index contributed by atoms with van der Waals surface area (Å²) in [6.07, 6.45) is 1.72. The van der Waals surface area contributed by atoms with Gasteiger partial charge in [-0.15, -0.1) is 0 Å². The predicted molar refractivity (Wildman–Crippen MR) is 94.5 cm³/mol. The molecule has 1 saturated heterocycles. The average molecular weight is 349 g/mol. The summed E-state index contributed by atoms with van der Waals surface area (Å²) in [4.78, 5) is 30.4. The van der Waals surface area contributed by atoms with Gasteiger partial charge in [0.1, 0.15) is 17.5 Å². The number of carbonyl (C=O) groups excluding carboxylic acids is 2. The van der Waals surface area contributed by atoms with Crippen molar-refractivity contribution in [3.8, 4) is 0 Å². The van der Waals surface area contributed by atoms with Gasteiger partial charge in [-0.1, -0.05) is 6.07 Å². The van der Waals surface area contributed by atoms with Gasteiger partial charge >= 0.3 is 12.1 Å². The molecule has 0 spiro atoms. The van der Waals surface area contributed by atoms with Crippen LogP contribution in [0.15, 0.2) is 12.3 Å². The van der Waals surface area contributed by atoms with E-state index >= 15 is 0 Å². The van der Waals surface area contributed by atoms with Crippen molar-refractivity contribution in [1.82, 2.24) is 9.88 Å². The number of hydrogen-bond acceptors (Lipinski definition) is 6. The number of anilines is 1. The highest BCUT2D eigenvalue weighted by Crippen LogP contribution is 2.25. The topological polar surface area (TPSA) is 80.8 Å². The molecule has 1 amide bonds. The van der Waals surface area contributed by atoms with Gasteiger partial charge in [-0.3, -0.25) is 4.90 Å². The van der Waals surface area contributed by atoms with E-state index in [9.17, 15) is 9.59 Å². The zero-order valence-corrected chi connectivity index (χ0v) is 15.8. The maximum absolute atomic E-state index is 12.5. The third-order valence-corrected chi connectivity index (χ3v) is 3.96. The number of nitrogens with zero attached hydrogens (tertiary/aromatic N) is 2. The average Bonchev–Trinajstić information content (AvgIpc) is 2.92. The number of hydrogen-bond donors (Lipinski definition) is 1. The van der Waals surface area contributed by atoms with Crippen LogP contribution in [-0.4, -0.2) is 53.3 Å². The van der Waals surface area contributed by atoms with Gasteiger partial charge in [0, 0.05) is 25.2 Å². The van der Waals surface area contributed by atoms with Crippen LogP contribution in [0.2, 0.25) is 0 Å². The number of aryl methyl sites for hydroxylation is 2. The van der Waals surface area contributed by atoms with Gasteiger partial charge in [-0.2, -0.15) is 0 Å². The lowest BCUT2D eigenvalue weighted by molar-refractivity contribution is -0.145. The largest absolute Gasteiger partial charge is 0.467 e. The number of rotatable bonds is 3. The van der Waals surface area contributed by atoms with Gasteiger partial charge < -0.3 is 14.8 Å². The quantitative estimate of drug-likeness (QED) is 0.845. The summed E-state index contributed by atoms with van der Waals surface area (Å²) in [5, 5.41) is 3.32. The molecule has 1 N–H and O–H groups in total. The minimum Gasteiger partial charge on any atom is -0.467 e. The molecule has 1 aliphatic rings. The minimum atomic E-state index is -0.664. The Kier molecular flexibility index (Phi) is 5.55. The molecule has 7 heteroatoms. The molecule has 0 aromatic carbocycles. The molecule has 25 heavy (non-hydrogen) atoms. The first-order valence-electron chi connectivity index (χ1n) is 8.38. The number of esters is 1. The van der Waals surface area contributed by atoms with Gasteiger partial charge in [-0.25, -0.2) is 14.6 Å². The van der Waals surface area contributed by atoms with E-state index in [1.54, 1.807) is 27.0 Å². The van der Waals surface area contributed by atoms with E-state index in [0.717, 1.165) is 16.9 Å². The van der Waals surface area contributed by atoms with Crippen LogP contribution >= 0.6 is 0 Å². The Morgan fingerprint density at radius 2 is 2.00 bits per heavy atom. The lowest BCUT2D eigenvalue weighted by atomic mass is 10.1. The smallest absolute Gasteiger partial charge is 0.411 e. The number of likely N-dealkylation sites (tertiary alicyclic amines) is 1. The molecule has 138 valence electrons. The lowest BCUT2D eigenvalue weighted by Gasteiger charge is -2.27. The molecular formula is C18H27N3O4. The highest BCUT2D eigenvalue weighted by molar-refractivity contribution is 5.82. The summed E-state index contributed by atoms with van der Waals surface area (Å²) in [5.41, 5.74) is 1.47. The van der Waals surface area contributed by atoms with Gasteiger partial charge in [0.15, 0.2) is 0 Å². The van der Waals surface area contributed by atoms with Crippen molar-refractivity contribution in [1.29, 1.82) is 0 Å². The van der Waals surface area contributed by atoms with Crippen LogP contribution in [0.25, 0.3) is 0 Å². The van der Waals surface area contributed by atoms with Crippen molar-refractivity contribution in [2.24, 2.45) is 0 Å². The van der Waals surface area contributed by atoms with Crippen LogP contribution in [0, 0.1) is 13.8 Å². The lowest BCUT2D eigenvalue weighted by Crippen LogP contribution is -2.44. The second kappa shape index (κ2) is 7.29. The fraction of sp³-hybridized carbons (Fsp3) is 0.611. The molecule has 7 nitrogen and oxygen atoms in total. The molecule has 2 heterocycles. The molecule has 1 fully saturated rings. The van der Waals surface area contributed by atoms with Gasteiger partial charge in [0.2, 0.25) is 0 Å². The third kappa shape index (κ3) is 4.84. The van der Waals surface area contributed by atoms with Gasteiger partial charge in [-0.05, 0) is 45.7 Å². The monoisotopic (exact) mass is 349 g/mol. The molecule has 0 bridgehead atoms. The number of pyridine rings is 1. The summed E-state index contributed by atoms with van der Waals surface area (Å²) < 4.78 is 10.3. The van der Waals surface area contributed by atoms with E-state index in [4.69, 9.17) is 9.47 Å². The van der Waals surface area contributed by atoms with Gasteiger partial charge in [0.25, 0.3) is 0 Å². The SMILES string of the molecule is COC(=O)[C@@H]1C[C@H](Nc2ncc(C)cc2C)CN1C(=O)OC(C)(C)C. The minimum absolute atomic E-state index is 0.106. The summed E-state index contributed by atoms with van der Waals surface area (Å²) >= 11 is 0. The number of methoxy groups -OCH3 is 1. The Morgan fingerprint density at radius 1 is 1.32 bits per heavy atom. The molecule has 1 aliphatic heterocycles. The molecule has 2 rings (SSSR count). The van der Waals surface area contributed by atoms with Crippen LogP contribution in [-0.2, 0) is 14.3 Å². The number of ether oxygens (including phenoxy) is 2. The zero-order chi connectivity index (χ0) is 18.8. The van der Waals surface area contributed by atoms with E-state index in [-0.39, 0.29) is 6.04 Å². The van der Waals surface area contributed by atoms with Gasteiger partial charge in [0.05, 0.1) is 7.11 Å². The molecular weight excluding hydrogens is 322 g/mol. The van der Waals surface area contributed by atoms with Crippen LogP contribution < -0.4 is 5.32 Å². The van der Waals surface area contributed by atoms with Crippen molar-refractivity contribution in [3.05, 3.63) is 23.4 Å². The Morgan fingerprint density at radius 3 is 2.56 bits per heavy atom. The normalized spacial score (nSPS) is 20.3. The van der Waals surface area contributed by atoms with Crippen molar-refractivity contribution in [2.75, 3.05) is 19.0 Å². The van der Waals surface area contributed by atoms with Crippen molar-refractivity contribution in [3.63, 3.8) is 0 Å². The zero-order valence-electron chi connectivity index (χ0n) is 15.8. The Balaban J connectivity index is 2.14. The number of nitrogens with one attached hydrogen (secondary N) is 1. The van der Waals surface area contributed by atoms with E-state index in [1.807, 2.05) is 19.9 Å². The maximum Gasteiger partial charge on any atom is 0.411 e. The maximum atomic E-state index is 12.5. The van der Waals surface area contributed by atoms with Crippen LogP contribution in [0.4, 0.5) is 10.6 Å². The Labute approximate surface area is 148 Å². The summed E-state index contributed by atoms with van der Waals surface area (Å²) in [6, 6.07) is 1.27. The number of amides is 1. The highest BCUT2D eigenvalue weighted by Gasteiger charge is 2.42. The summed E-state index contributed by atoms with van der Waals surface area (Å²) in [6.45, 7) is 9.69. The molecule has 0 radical (unpaired) electrons. The fourth-order valence-electron chi connectivity index (χ4n) is 2.88. The first-order chi connectivity index (χ1) is 11.6. The van der Waals surface area contributed by atoms with E-state index < -0.39 is 23.7 Å². The molecule has 2 atom stereocenters. The second-order valence-electron chi connectivity index (χ2n) is 7.43. The molecule has 0 unspecified atom stereocenters. The highest BCUT2D eigenvalue weighted by atomic mass is 16.6. The Hall–Kier alpha value is -2.31. The van der Waals surface area contributed by atoms with Crippen molar-refractivity contribution >= 4 is 17.9 Å². The third-order valence-electron chi connectivity index (χ3n) is 3.96. The first-order valence-corrected chi connectivity index (χ1v) is 8.38. The van der Waals surface area contributed by atoms with Crippen LogP contribution in [0.3, 0.4) is 0 Å². The molecule has 0 aliphatic carbocycles. The van der Waals surface area contributed by atoms with E-state index in [0.29, 0.717) is 13.0 Å². The summed E-state index contributed by atoms with van der Waals surface area (Å²) in [7, 11) is 1.32. The van der Waals surface area contributed by atoms with E-state index in [1.165, 1.54) is 12.0 Å². The summed E-state index contributed by atoms with van der Waals surface area (Å²) in [5.74, 6) is 0.314. The molecule has 0 saturated carbocycles. The van der Waals surface area contributed by atoms with Crippen molar-refractivity contribution < 1.29 is 19.1 Å². The van der Waals surface area contributed by atoms with E-state index in [2.05, 4.69) is 10.3 Å². The predicted octanol–water partition coefficient (Wildman–Crippen LogP) is 2.66. The molecule has 1 aromatic rings. The molecule has 1 aromatic heterocycles. The Bertz CT molecular complexity index is 654.